The highest BCUT2D eigenvalue weighted by Crippen LogP contribution is 2.39. The fourth-order valence-corrected chi connectivity index (χ4v) is 6.93. The minimum atomic E-state index is 0.826. The first kappa shape index (κ1) is 28.4. The van der Waals surface area contributed by atoms with Crippen LogP contribution in [0.25, 0.3) is 71.8 Å². The molecular formula is C45H34N2. The maximum Gasteiger partial charge on any atom is 0.0619 e. The molecule has 1 heterocycles. The van der Waals surface area contributed by atoms with Gasteiger partial charge in [0.25, 0.3) is 0 Å². The Morgan fingerprint density at radius 2 is 1.43 bits per heavy atom. The molecule has 0 spiro atoms. The van der Waals surface area contributed by atoms with Crippen molar-refractivity contribution < 1.29 is 0 Å². The molecule has 7 aromatic carbocycles. The summed E-state index contributed by atoms with van der Waals surface area (Å²) in [5.41, 5.74) is 16.3. The lowest BCUT2D eigenvalue weighted by atomic mass is 9.95. The molecule has 0 bridgehead atoms. The molecule has 2 N–H and O–H groups in total. The lowest BCUT2D eigenvalue weighted by Crippen LogP contribution is -1.95. The highest BCUT2D eigenvalue weighted by molar-refractivity contribution is 6.19. The Morgan fingerprint density at radius 1 is 0.638 bits per heavy atom. The van der Waals surface area contributed by atoms with Crippen molar-refractivity contribution in [1.82, 2.24) is 4.57 Å². The Labute approximate surface area is 275 Å². The summed E-state index contributed by atoms with van der Waals surface area (Å²) in [6.45, 7) is 3.88. The fourth-order valence-electron chi connectivity index (χ4n) is 6.93. The molecule has 0 atom stereocenters. The average molecular weight is 603 g/mol. The van der Waals surface area contributed by atoms with Crippen molar-refractivity contribution in [2.24, 2.45) is 5.73 Å². The van der Waals surface area contributed by atoms with Gasteiger partial charge in [-0.25, -0.2) is 0 Å². The van der Waals surface area contributed by atoms with Crippen LogP contribution in [0.2, 0.25) is 0 Å². The Hall–Kier alpha value is -6.12. The van der Waals surface area contributed by atoms with Gasteiger partial charge >= 0.3 is 0 Å². The van der Waals surface area contributed by atoms with Crippen molar-refractivity contribution >= 4 is 55.0 Å². The molecule has 0 amide bonds. The lowest BCUT2D eigenvalue weighted by Gasteiger charge is -2.12. The zero-order chi connectivity index (χ0) is 31.7. The van der Waals surface area contributed by atoms with Crippen molar-refractivity contribution in [3.8, 4) is 16.8 Å². The summed E-state index contributed by atoms with van der Waals surface area (Å²) in [7, 11) is 0. The summed E-state index contributed by atoms with van der Waals surface area (Å²) in [4.78, 5) is 0. The van der Waals surface area contributed by atoms with Crippen LogP contribution in [0.1, 0.15) is 16.7 Å². The molecule has 0 aliphatic heterocycles. The largest absolute Gasteiger partial charge is 0.404 e. The van der Waals surface area contributed by atoms with E-state index in [1.54, 1.807) is 12.3 Å². The number of rotatable bonds is 7. The monoisotopic (exact) mass is 602 g/mol. The number of benzene rings is 7. The number of aromatic nitrogens is 1. The van der Waals surface area contributed by atoms with Crippen LogP contribution in [0.5, 0.6) is 0 Å². The Morgan fingerprint density at radius 3 is 2.30 bits per heavy atom. The van der Waals surface area contributed by atoms with Crippen LogP contribution in [0.3, 0.4) is 0 Å². The first-order chi connectivity index (χ1) is 23.2. The number of hydrogen-bond acceptors (Lipinski definition) is 1. The normalized spacial score (nSPS) is 12.1. The molecule has 2 heteroatoms. The van der Waals surface area contributed by atoms with E-state index in [4.69, 9.17) is 5.73 Å². The predicted molar refractivity (Wildman–Crippen MR) is 203 cm³/mol. The summed E-state index contributed by atoms with van der Waals surface area (Å²) in [5, 5.41) is 7.54. The molecule has 8 rings (SSSR count). The molecular weight excluding hydrogens is 569 g/mol. The number of para-hydroxylation sites is 1. The third-order valence-corrected chi connectivity index (χ3v) is 9.21. The van der Waals surface area contributed by atoms with Gasteiger partial charge in [-0.05, 0) is 86.3 Å². The van der Waals surface area contributed by atoms with Gasteiger partial charge in [-0.1, -0.05) is 140 Å². The molecule has 0 saturated heterocycles. The first-order valence-electron chi connectivity index (χ1n) is 16.1. The fraction of sp³-hybridized carbons (Fsp3) is 0.0222. The van der Waals surface area contributed by atoms with Gasteiger partial charge < -0.3 is 10.3 Å². The van der Waals surface area contributed by atoms with Crippen LogP contribution in [-0.2, 0) is 6.42 Å². The molecule has 0 fully saturated rings. The van der Waals surface area contributed by atoms with Crippen molar-refractivity contribution in [3.05, 3.63) is 187 Å². The van der Waals surface area contributed by atoms with Gasteiger partial charge in [0.15, 0.2) is 0 Å². The molecule has 0 aliphatic rings. The Balaban J connectivity index is 1.24. The second kappa shape index (κ2) is 12.0. The standard InChI is InChI=1S/C45H34N2/c1-2-33(30-46)35-16-9-13-31(27-35)11-8-12-32-21-24-42-43-26-23-37-29-36(40-20-10-15-34-14-6-7-19-39(34)40)22-25-41(37)45(43)47(44(42)28-32)38-17-4-3-5-18-38/h2-11,13-30H,1,12,46H2/b11-8-,33-30+. The van der Waals surface area contributed by atoms with E-state index in [2.05, 4.69) is 169 Å². The summed E-state index contributed by atoms with van der Waals surface area (Å²) in [6, 6.07) is 52.7. The number of nitrogens with zero attached hydrogens (tertiary/aromatic N) is 1. The van der Waals surface area contributed by atoms with E-state index in [-0.39, 0.29) is 0 Å². The SMILES string of the molecule is C=C/C(=C\N)c1cccc(/C=C\Cc2ccc3c4ccc5cc(-c6cccc7ccccc67)ccc5c4n(-c4ccccc4)c3c2)c1. The minimum absolute atomic E-state index is 0.826. The average Bonchev–Trinajstić information content (AvgIpc) is 3.46. The van der Waals surface area contributed by atoms with Gasteiger partial charge in [0.05, 0.1) is 11.0 Å². The van der Waals surface area contributed by atoms with Crippen molar-refractivity contribution in [2.75, 3.05) is 0 Å². The lowest BCUT2D eigenvalue weighted by molar-refractivity contribution is 1.18. The van der Waals surface area contributed by atoms with Gasteiger partial charge in [-0.2, -0.15) is 0 Å². The Kier molecular flexibility index (Phi) is 7.24. The van der Waals surface area contributed by atoms with Gasteiger partial charge in [0.1, 0.15) is 0 Å². The second-order valence-corrected chi connectivity index (χ2v) is 12.0. The zero-order valence-electron chi connectivity index (χ0n) is 26.1. The molecule has 1 aromatic heterocycles. The zero-order valence-corrected chi connectivity index (χ0v) is 26.1. The third-order valence-electron chi connectivity index (χ3n) is 9.21. The van der Waals surface area contributed by atoms with Gasteiger partial charge in [-0.15, -0.1) is 0 Å². The Bertz CT molecular complexity index is 2510. The van der Waals surface area contributed by atoms with Crippen LogP contribution in [0.15, 0.2) is 171 Å². The highest BCUT2D eigenvalue weighted by Gasteiger charge is 2.16. The minimum Gasteiger partial charge on any atom is -0.404 e. The smallest absolute Gasteiger partial charge is 0.0619 e. The maximum absolute atomic E-state index is 5.80. The summed E-state index contributed by atoms with van der Waals surface area (Å²) < 4.78 is 2.44. The summed E-state index contributed by atoms with van der Waals surface area (Å²) in [5.74, 6) is 0. The van der Waals surface area contributed by atoms with Crippen LogP contribution in [0, 0.1) is 0 Å². The van der Waals surface area contributed by atoms with Gasteiger partial charge in [0.2, 0.25) is 0 Å². The number of allylic oxidation sites excluding steroid dienone is 3. The molecule has 0 aliphatic carbocycles. The maximum atomic E-state index is 5.80. The molecule has 47 heavy (non-hydrogen) atoms. The molecule has 224 valence electrons. The van der Waals surface area contributed by atoms with E-state index in [0.29, 0.717) is 0 Å². The topological polar surface area (TPSA) is 30.9 Å². The number of hydrogen-bond donors (Lipinski definition) is 1. The quantitative estimate of drug-likeness (QED) is 0.181. The summed E-state index contributed by atoms with van der Waals surface area (Å²) in [6.07, 6.45) is 8.63. The molecule has 0 unspecified atom stereocenters. The van der Waals surface area contributed by atoms with E-state index in [9.17, 15) is 0 Å². The van der Waals surface area contributed by atoms with E-state index in [1.165, 1.54) is 60.0 Å². The molecule has 2 nitrogen and oxygen atoms in total. The van der Waals surface area contributed by atoms with Crippen molar-refractivity contribution in [3.63, 3.8) is 0 Å². The van der Waals surface area contributed by atoms with E-state index in [0.717, 1.165) is 28.8 Å². The van der Waals surface area contributed by atoms with Crippen molar-refractivity contribution in [2.45, 2.75) is 6.42 Å². The molecule has 0 radical (unpaired) electrons. The summed E-state index contributed by atoms with van der Waals surface area (Å²) >= 11 is 0. The first-order valence-corrected chi connectivity index (χ1v) is 16.1. The number of nitrogens with two attached hydrogens (primary N) is 1. The van der Waals surface area contributed by atoms with Crippen LogP contribution < -0.4 is 5.73 Å². The van der Waals surface area contributed by atoms with Crippen molar-refractivity contribution in [1.29, 1.82) is 0 Å². The van der Waals surface area contributed by atoms with Gasteiger partial charge in [-0.3, -0.25) is 0 Å². The third kappa shape index (κ3) is 5.10. The van der Waals surface area contributed by atoms with E-state index >= 15 is 0 Å². The van der Waals surface area contributed by atoms with Gasteiger partial charge in [0, 0.05) is 28.0 Å². The predicted octanol–water partition coefficient (Wildman–Crippen LogP) is 11.5. The second-order valence-electron chi connectivity index (χ2n) is 12.0. The molecule has 8 aromatic rings. The number of fused-ring (bicyclic) bond motifs is 6. The van der Waals surface area contributed by atoms with Crippen LogP contribution >= 0.6 is 0 Å². The van der Waals surface area contributed by atoms with Crippen LogP contribution in [-0.4, -0.2) is 4.57 Å². The highest BCUT2D eigenvalue weighted by atomic mass is 15.0. The molecule has 0 saturated carbocycles. The van der Waals surface area contributed by atoms with E-state index in [1.807, 2.05) is 0 Å². The van der Waals surface area contributed by atoms with E-state index < -0.39 is 0 Å². The van der Waals surface area contributed by atoms with Crippen LogP contribution in [0.4, 0.5) is 0 Å².